The average molecular weight is 294 g/mol. The van der Waals surface area contributed by atoms with Crippen LogP contribution in [0.5, 0.6) is 5.75 Å². The molecule has 0 atom stereocenters. The first-order valence-corrected chi connectivity index (χ1v) is 4.61. The minimum atomic E-state index is -1.34. The van der Waals surface area contributed by atoms with E-state index in [4.69, 9.17) is 39.5 Å². The van der Waals surface area contributed by atoms with Crippen molar-refractivity contribution < 1.29 is 66.0 Å². The molecule has 3 nitrogen and oxygen atoms in total. The summed E-state index contributed by atoms with van der Waals surface area (Å²) >= 11 is 17.0. The van der Waals surface area contributed by atoms with Crippen LogP contribution >= 0.6 is 34.8 Å². The van der Waals surface area contributed by atoms with Crippen LogP contribution in [0.1, 0.15) is 0 Å². The molecule has 0 aromatic heterocycles. The number of rotatable bonds is 3. The summed E-state index contributed by atoms with van der Waals surface area (Å²) in [7, 11) is 0. The molecular weight excluding hydrogens is 290 g/mol. The zero-order valence-corrected chi connectivity index (χ0v) is 13.1. The van der Waals surface area contributed by atoms with Gasteiger partial charge in [-0.25, -0.2) is 0 Å². The van der Waals surface area contributed by atoms with Crippen molar-refractivity contribution in [3.63, 3.8) is 0 Å². The molecule has 76 valence electrons. The van der Waals surface area contributed by atoms with Crippen LogP contribution in [-0.2, 0) is 4.79 Å². The fourth-order valence-corrected chi connectivity index (χ4v) is 1.34. The quantitative estimate of drug-likeness (QED) is 0.518. The molecule has 0 spiro atoms. The molecule has 0 heterocycles. The number of carbonyl (C=O) groups is 1. The van der Waals surface area contributed by atoms with Gasteiger partial charge in [-0.2, -0.15) is 0 Å². The Morgan fingerprint density at radius 3 is 2.27 bits per heavy atom. The smallest absolute Gasteiger partial charge is 0.546 e. The van der Waals surface area contributed by atoms with E-state index < -0.39 is 12.6 Å². The SMILES string of the molecule is O=C([O-])COc1cc(Cl)c(Cl)cc1Cl.[K+]. The molecule has 0 aliphatic rings. The predicted octanol–water partition coefficient (Wildman–Crippen LogP) is -1.22. The van der Waals surface area contributed by atoms with Crippen molar-refractivity contribution in [1.82, 2.24) is 0 Å². The Balaban J connectivity index is 0.00000196. The van der Waals surface area contributed by atoms with Gasteiger partial charge in [0, 0.05) is 6.07 Å². The van der Waals surface area contributed by atoms with Gasteiger partial charge in [0.25, 0.3) is 0 Å². The zero-order chi connectivity index (χ0) is 10.7. The van der Waals surface area contributed by atoms with E-state index in [2.05, 4.69) is 0 Å². The Morgan fingerprint density at radius 2 is 1.73 bits per heavy atom. The van der Waals surface area contributed by atoms with Gasteiger partial charge < -0.3 is 14.6 Å². The van der Waals surface area contributed by atoms with Gasteiger partial charge in [0.05, 0.1) is 21.0 Å². The largest absolute Gasteiger partial charge is 1.00 e. The zero-order valence-electron chi connectivity index (χ0n) is 7.72. The maximum absolute atomic E-state index is 10.1. The van der Waals surface area contributed by atoms with E-state index in [1.165, 1.54) is 12.1 Å². The molecule has 0 aliphatic carbocycles. The summed E-state index contributed by atoms with van der Waals surface area (Å²) < 4.78 is 4.80. The number of hydrogen-bond acceptors (Lipinski definition) is 3. The molecule has 0 N–H and O–H groups in total. The Hall–Kier alpha value is 0.996. The Morgan fingerprint density at radius 1 is 1.20 bits per heavy atom. The van der Waals surface area contributed by atoms with Crippen LogP contribution < -0.4 is 61.2 Å². The molecule has 0 saturated carbocycles. The maximum Gasteiger partial charge on any atom is 1.00 e. The second-order valence-electron chi connectivity index (χ2n) is 2.36. The van der Waals surface area contributed by atoms with E-state index in [0.717, 1.165) is 0 Å². The first-order valence-electron chi connectivity index (χ1n) is 3.48. The Bertz CT molecular complexity index is 370. The number of carboxylic acid groups (broad SMARTS) is 1. The molecule has 0 aliphatic heterocycles. The summed E-state index contributed by atoms with van der Waals surface area (Å²) in [6.45, 7) is -0.586. The van der Waals surface area contributed by atoms with Gasteiger partial charge in [-0.3, -0.25) is 0 Å². The van der Waals surface area contributed by atoms with E-state index in [0.29, 0.717) is 0 Å². The van der Waals surface area contributed by atoms with E-state index in [-0.39, 0.29) is 72.2 Å². The van der Waals surface area contributed by atoms with E-state index in [9.17, 15) is 9.90 Å². The molecule has 15 heavy (non-hydrogen) atoms. The van der Waals surface area contributed by atoms with Crippen molar-refractivity contribution in [3.8, 4) is 5.75 Å². The Kier molecular flexibility index (Phi) is 7.84. The number of carbonyl (C=O) groups excluding carboxylic acids is 1. The molecule has 1 aromatic rings. The average Bonchev–Trinajstić information content (AvgIpc) is 2.09. The summed E-state index contributed by atoms with van der Waals surface area (Å²) in [6, 6.07) is 2.71. The van der Waals surface area contributed by atoms with E-state index >= 15 is 0 Å². The molecule has 1 aromatic carbocycles. The van der Waals surface area contributed by atoms with Crippen LogP contribution in [0.4, 0.5) is 0 Å². The van der Waals surface area contributed by atoms with Gasteiger partial charge in [0.15, 0.2) is 0 Å². The van der Waals surface area contributed by atoms with Crippen molar-refractivity contribution >= 4 is 40.8 Å². The van der Waals surface area contributed by atoms with Gasteiger partial charge in [-0.05, 0) is 6.07 Å². The van der Waals surface area contributed by atoms with Crippen molar-refractivity contribution in [2.24, 2.45) is 0 Å². The van der Waals surface area contributed by atoms with Gasteiger partial charge >= 0.3 is 51.4 Å². The van der Waals surface area contributed by atoms with Gasteiger partial charge in [0.1, 0.15) is 12.4 Å². The molecule has 7 heteroatoms. The monoisotopic (exact) mass is 292 g/mol. The van der Waals surface area contributed by atoms with Crippen LogP contribution in [0.15, 0.2) is 12.1 Å². The maximum atomic E-state index is 10.1. The molecule has 0 bridgehead atoms. The standard InChI is InChI=1S/C8H5Cl3O3.K/c9-4-1-6(11)7(2-5(4)10)14-3-8(12)13;/h1-2H,3H2,(H,12,13);/q;+1/p-1. The predicted molar refractivity (Wildman–Crippen MR) is 52.0 cm³/mol. The summed E-state index contributed by atoms with van der Waals surface area (Å²) in [5.74, 6) is -1.18. The molecule has 0 unspecified atom stereocenters. The second-order valence-corrected chi connectivity index (χ2v) is 3.58. The summed E-state index contributed by atoms with van der Waals surface area (Å²) in [4.78, 5) is 10.1. The third-order valence-corrected chi connectivity index (χ3v) is 2.34. The molecule has 0 saturated heterocycles. The van der Waals surface area contributed by atoms with Crippen LogP contribution in [0.3, 0.4) is 0 Å². The van der Waals surface area contributed by atoms with Crippen molar-refractivity contribution in [3.05, 3.63) is 27.2 Å². The van der Waals surface area contributed by atoms with Gasteiger partial charge in [-0.1, -0.05) is 34.8 Å². The number of carboxylic acids is 1. The number of aliphatic carboxylic acids is 1. The fourth-order valence-electron chi connectivity index (χ4n) is 0.752. The number of benzene rings is 1. The van der Waals surface area contributed by atoms with Crippen molar-refractivity contribution in [1.29, 1.82) is 0 Å². The third-order valence-electron chi connectivity index (χ3n) is 1.32. The Labute approximate surface area is 144 Å². The van der Waals surface area contributed by atoms with Crippen LogP contribution in [0.2, 0.25) is 15.1 Å². The van der Waals surface area contributed by atoms with Crippen LogP contribution in [0, 0.1) is 0 Å². The number of halogens is 3. The first kappa shape index (κ1) is 16.0. The van der Waals surface area contributed by atoms with Crippen molar-refractivity contribution in [2.75, 3.05) is 6.61 Å². The van der Waals surface area contributed by atoms with Crippen LogP contribution in [-0.4, -0.2) is 12.6 Å². The van der Waals surface area contributed by atoms with E-state index in [1.807, 2.05) is 0 Å². The fraction of sp³-hybridized carbons (Fsp3) is 0.125. The molecule has 1 rings (SSSR count). The molecule has 0 amide bonds. The van der Waals surface area contributed by atoms with Crippen LogP contribution in [0.25, 0.3) is 0 Å². The number of ether oxygens (including phenoxy) is 1. The molecule has 0 fully saturated rings. The third kappa shape index (κ3) is 5.24. The summed E-state index contributed by atoms with van der Waals surface area (Å²) in [5.41, 5.74) is 0. The first-order chi connectivity index (χ1) is 6.50. The van der Waals surface area contributed by atoms with Crippen molar-refractivity contribution in [2.45, 2.75) is 0 Å². The number of hydrogen-bond donors (Lipinski definition) is 0. The second kappa shape index (κ2) is 7.35. The minimum absolute atomic E-state index is 0. The summed E-state index contributed by atoms with van der Waals surface area (Å²) in [5, 5.41) is 10.8. The van der Waals surface area contributed by atoms with E-state index in [1.54, 1.807) is 0 Å². The molecular formula is C8H4Cl3KO3. The summed E-state index contributed by atoms with van der Waals surface area (Å²) in [6.07, 6.45) is 0. The molecule has 0 radical (unpaired) electrons. The minimum Gasteiger partial charge on any atom is -0.546 e. The topological polar surface area (TPSA) is 49.4 Å². The van der Waals surface area contributed by atoms with Gasteiger partial charge in [0.2, 0.25) is 0 Å². The normalized spacial score (nSPS) is 9.27. The van der Waals surface area contributed by atoms with Gasteiger partial charge in [-0.15, -0.1) is 0 Å².